The Morgan fingerprint density at radius 1 is 1.38 bits per heavy atom. The molecule has 9 heteroatoms. The van der Waals surface area contributed by atoms with Crippen LogP contribution in [0.1, 0.15) is 43.0 Å². The van der Waals surface area contributed by atoms with Gasteiger partial charge in [-0.15, -0.1) is 24.8 Å². The quantitative estimate of drug-likeness (QED) is 0.738. The third kappa shape index (κ3) is 4.96. The highest BCUT2D eigenvalue weighted by molar-refractivity contribution is 5.98. The maximum Gasteiger partial charge on any atom is 0.254 e. The number of halogens is 2. The van der Waals surface area contributed by atoms with Gasteiger partial charge in [0, 0.05) is 5.54 Å². The van der Waals surface area contributed by atoms with Gasteiger partial charge < -0.3 is 21.5 Å². The summed E-state index contributed by atoms with van der Waals surface area (Å²) < 4.78 is 4.97. The number of nitrogens with two attached hydrogens (primary N) is 2. The van der Waals surface area contributed by atoms with Gasteiger partial charge >= 0.3 is 0 Å². The van der Waals surface area contributed by atoms with Gasteiger partial charge in [0.15, 0.2) is 0 Å². The van der Waals surface area contributed by atoms with Crippen LogP contribution in [0.3, 0.4) is 0 Å². The second-order valence-electron chi connectivity index (χ2n) is 5.94. The Bertz CT molecular complexity index is 596. The van der Waals surface area contributed by atoms with Gasteiger partial charge in [0.1, 0.15) is 5.56 Å². The predicted molar refractivity (Wildman–Crippen MR) is 97.0 cm³/mol. The van der Waals surface area contributed by atoms with Crippen molar-refractivity contribution in [2.45, 2.75) is 38.1 Å². The lowest BCUT2D eigenvalue weighted by molar-refractivity contribution is -0.122. The zero-order valence-corrected chi connectivity index (χ0v) is 15.3. The van der Waals surface area contributed by atoms with E-state index in [-0.39, 0.29) is 48.1 Å². The maximum atomic E-state index is 12.5. The lowest BCUT2D eigenvalue weighted by Crippen LogP contribution is -2.51. The van der Waals surface area contributed by atoms with Crippen molar-refractivity contribution < 1.29 is 14.3 Å². The summed E-state index contributed by atoms with van der Waals surface area (Å²) in [6.07, 6.45) is 5.02. The average Bonchev–Trinajstić information content (AvgIpc) is 2.46. The zero-order chi connectivity index (χ0) is 16.3. The number of nitrogens with one attached hydrogen (secondary N) is 1. The van der Waals surface area contributed by atoms with Crippen molar-refractivity contribution in [2.75, 3.05) is 12.4 Å². The molecular weight excluding hydrogens is 355 g/mol. The summed E-state index contributed by atoms with van der Waals surface area (Å²) in [6.45, 7) is 1.90. The third-order valence-corrected chi connectivity index (χ3v) is 4.15. The molecule has 1 aromatic heterocycles. The van der Waals surface area contributed by atoms with Crippen molar-refractivity contribution >= 4 is 42.3 Å². The fourth-order valence-corrected chi connectivity index (χ4v) is 2.88. The fourth-order valence-electron chi connectivity index (χ4n) is 2.88. The van der Waals surface area contributed by atoms with Gasteiger partial charge in [-0.2, -0.15) is 0 Å². The Morgan fingerprint density at radius 2 is 2.04 bits per heavy atom. The van der Waals surface area contributed by atoms with Crippen LogP contribution in [0.2, 0.25) is 0 Å². The van der Waals surface area contributed by atoms with E-state index in [2.05, 4.69) is 10.3 Å². The molecule has 2 atom stereocenters. The Labute approximate surface area is 153 Å². The smallest absolute Gasteiger partial charge is 0.254 e. The summed E-state index contributed by atoms with van der Waals surface area (Å²) in [6, 6.07) is 1.46. The molecule has 5 N–H and O–H groups in total. The van der Waals surface area contributed by atoms with Crippen LogP contribution in [0.25, 0.3) is 0 Å². The van der Waals surface area contributed by atoms with E-state index in [1.165, 1.54) is 19.4 Å². The number of amides is 2. The first-order chi connectivity index (χ1) is 10.3. The van der Waals surface area contributed by atoms with Crippen LogP contribution in [0.4, 0.5) is 5.69 Å². The number of ether oxygens (including phenoxy) is 1. The van der Waals surface area contributed by atoms with Crippen molar-refractivity contribution in [1.29, 1.82) is 0 Å². The Hall–Kier alpha value is -1.57. The van der Waals surface area contributed by atoms with Crippen LogP contribution in [0, 0.1) is 5.92 Å². The number of anilines is 1. The second kappa shape index (κ2) is 9.05. The molecule has 0 radical (unpaired) electrons. The molecule has 0 aliphatic heterocycles. The summed E-state index contributed by atoms with van der Waals surface area (Å²) in [4.78, 5) is 27.8. The summed E-state index contributed by atoms with van der Waals surface area (Å²) in [5.74, 6) is -0.957. The largest absolute Gasteiger partial charge is 0.480 e. The van der Waals surface area contributed by atoms with E-state index in [1.807, 2.05) is 6.92 Å². The van der Waals surface area contributed by atoms with Crippen molar-refractivity contribution in [2.24, 2.45) is 17.4 Å². The molecule has 1 heterocycles. The van der Waals surface area contributed by atoms with Crippen molar-refractivity contribution in [3.8, 4) is 5.88 Å². The number of hydrogen-bond donors (Lipinski definition) is 3. The van der Waals surface area contributed by atoms with Crippen LogP contribution in [-0.2, 0) is 4.79 Å². The molecule has 1 saturated carbocycles. The molecule has 0 saturated heterocycles. The fraction of sp³-hybridized carbons (Fsp3) is 0.533. The highest BCUT2D eigenvalue weighted by Gasteiger charge is 2.37. The number of rotatable bonds is 4. The lowest BCUT2D eigenvalue weighted by atomic mass is 9.74. The second-order valence-corrected chi connectivity index (χ2v) is 5.94. The lowest BCUT2D eigenvalue weighted by Gasteiger charge is -2.37. The number of nitrogens with zero attached hydrogens (tertiary/aromatic N) is 1. The number of carbonyl (C=O) groups is 2. The number of hydrogen-bond acceptors (Lipinski definition) is 5. The molecule has 0 bridgehead atoms. The number of primary amides is 1. The molecule has 0 aromatic carbocycles. The third-order valence-electron chi connectivity index (χ3n) is 4.15. The first-order valence-electron chi connectivity index (χ1n) is 7.28. The SMILES string of the molecule is COc1ncc(NC(=O)C2CCCCC2(C)N)cc1C(N)=O.Cl.Cl. The molecule has 2 rings (SSSR count). The normalized spacial score (nSPS) is 22.5. The van der Waals surface area contributed by atoms with E-state index in [1.54, 1.807) is 0 Å². The minimum Gasteiger partial charge on any atom is -0.480 e. The monoisotopic (exact) mass is 378 g/mol. The van der Waals surface area contributed by atoms with Gasteiger partial charge in [-0.05, 0) is 25.8 Å². The predicted octanol–water partition coefficient (Wildman–Crippen LogP) is 1.88. The maximum absolute atomic E-state index is 12.5. The van der Waals surface area contributed by atoms with Crippen LogP contribution in [0.5, 0.6) is 5.88 Å². The van der Waals surface area contributed by atoms with Gasteiger partial charge in [-0.3, -0.25) is 9.59 Å². The van der Waals surface area contributed by atoms with Gasteiger partial charge in [-0.1, -0.05) is 12.8 Å². The van der Waals surface area contributed by atoms with Gasteiger partial charge in [0.05, 0.1) is 24.9 Å². The minimum absolute atomic E-state index is 0. The Kier molecular flexibility index (Phi) is 8.46. The van der Waals surface area contributed by atoms with Gasteiger partial charge in [-0.25, -0.2) is 4.98 Å². The standard InChI is InChI=1S/C15H22N4O3.2ClH/c1-15(17)6-4-3-5-11(15)13(21)19-9-7-10(12(16)20)14(22-2)18-8-9;;/h7-8,11H,3-6,17H2,1-2H3,(H2,16,20)(H,19,21);2*1H. The van der Waals surface area contributed by atoms with E-state index < -0.39 is 11.4 Å². The topological polar surface area (TPSA) is 120 Å². The number of carbonyl (C=O) groups excluding carboxylic acids is 2. The summed E-state index contributed by atoms with van der Waals surface area (Å²) in [7, 11) is 1.40. The van der Waals surface area contributed by atoms with E-state index >= 15 is 0 Å². The number of pyridine rings is 1. The molecule has 2 amide bonds. The van der Waals surface area contributed by atoms with E-state index in [4.69, 9.17) is 16.2 Å². The zero-order valence-electron chi connectivity index (χ0n) is 13.7. The molecule has 24 heavy (non-hydrogen) atoms. The highest BCUT2D eigenvalue weighted by atomic mass is 35.5. The van der Waals surface area contributed by atoms with Crippen LogP contribution in [-0.4, -0.2) is 29.4 Å². The van der Waals surface area contributed by atoms with E-state index in [0.717, 1.165) is 25.7 Å². The van der Waals surface area contributed by atoms with Crippen molar-refractivity contribution in [1.82, 2.24) is 4.98 Å². The molecule has 1 aromatic rings. The summed E-state index contributed by atoms with van der Waals surface area (Å²) in [5, 5.41) is 2.77. The van der Waals surface area contributed by atoms with E-state index in [0.29, 0.717) is 5.69 Å². The molecule has 1 fully saturated rings. The molecule has 136 valence electrons. The first-order valence-corrected chi connectivity index (χ1v) is 7.28. The van der Waals surface area contributed by atoms with Crippen molar-refractivity contribution in [3.05, 3.63) is 17.8 Å². The molecule has 2 unspecified atom stereocenters. The molecule has 1 aliphatic carbocycles. The van der Waals surface area contributed by atoms with E-state index in [9.17, 15) is 9.59 Å². The first kappa shape index (κ1) is 22.4. The Balaban J connectivity index is 0.00000264. The minimum atomic E-state index is -0.665. The van der Waals surface area contributed by atoms with Crippen LogP contribution < -0.4 is 21.5 Å². The Morgan fingerprint density at radius 3 is 2.58 bits per heavy atom. The highest BCUT2D eigenvalue weighted by Crippen LogP contribution is 2.32. The van der Waals surface area contributed by atoms with Crippen molar-refractivity contribution in [3.63, 3.8) is 0 Å². The number of aromatic nitrogens is 1. The van der Waals surface area contributed by atoms with Crippen LogP contribution >= 0.6 is 24.8 Å². The molecular formula is C15H24Cl2N4O3. The molecule has 1 aliphatic rings. The van der Waals surface area contributed by atoms with Gasteiger partial charge in [0.2, 0.25) is 11.8 Å². The van der Waals surface area contributed by atoms with Gasteiger partial charge in [0.25, 0.3) is 5.91 Å². The molecule has 7 nitrogen and oxygen atoms in total. The molecule has 0 spiro atoms. The van der Waals surface area contributed by atoms with Crippen LogP contribution in [0.15, 0.2) is 12.3 Å². The number of methoxy groups -OCH3 is 1. The average molecular weight is 379 g/mol. The summed E-state index contributed by atoms with van der Waals surface area (Å²) >= 11 is 0. The summed E-state index contributed by atoms with van der Waals surface area (Å²) in [5.41, 5.74) is 11.5.